The maximum atomic E-state index is 12.7. The maximum absolute atomic E-state index is 12.7. The van der Waals surface area contributed by atoms with Crippen molar-refractivity contribution in [1.29, 1.82) is 0 Å². The van der Waals surface area contributed by atoms with Crippen LogP contribution in [0.1, 0.15) is 0 Å². The zero-order valence-electron chi connectivity index (χ0n) is 14.5. The molecule has 4 aromatic rings. The molecule has 0 radical (unpaired) electrons. The predicted molar refractivity (Wildman–Crippen MR) is 109 cm³/mol. The van der Waals surface area contributed by atoms with Crippen molar-refractivity contribution in [3.8, 4) is 0 Å². The molecule has 0 saturated carbocycles. The number of aromatic nitrogens is 2. The molecule has 0 aliphatic rings. The van der Waals surface area contributed by atoms with Crippen LogP contribution in [0.3, 0.4) is 0 Å². The van der Waals surface area contributed by atoms with Gasteiger partial charge in [-0.1, -0.05) is 42.1 Å². The number of rotatable bonds is 5. The number of aryl methyl sites for hydroxylation is 1. The van der Waals surface area contributed by atoms with E-state index in [1.165, 1.54) is 11.8 Å². The molecule has 27 heavy (non-hydrogen) atoms. The third kappa shape index (κ3) is 3.84. The minimum atomic E-state index is -3.65. The normalized spacial score (nSPS) is 11.6. The molecule has 0 aliphatic heterocycles. The minimum Gasteiger partial charge on any atom is -0.329 e. The molecule has 1 aromatic heterocycles. The van der Waals surface area contributed by atoms with Crippen LogP contribution in [0.25, 0.3) is 10.8 Å². The molecule has 0 unspecified atom stereocenters. The largest absolute Gasteiger partial charge is 0.329 e. The molecule has 1 N–H and O–H groups in total. The number of nitrogens with one attached hydrogen (secondary N) is 1. The zero-order valence-corrected chi connectivity index (χ0v) is 16.2. The van der Waals surface area contributed by atoms with Gasteiger partial charge in [0.05, 0.1) is 4.90 Å². The van der Waals surface area contributed by atoms with Gasteiger partial charge in [0.2, 0.25) is 0 Å². The first-order valence-electron chi connectivity index (χ1n) is 8.28. The Hall–Kier alpha value is -2.77. The van der Waals surface area contributed by atoms with Crippen molar-refractivity contribution in [2.45, 2.75) is 14.9 Å². The Bertz CT molecular complexity index is 1200. The van der Waals surface area contributed by atoms with Gasteiger partial charge in [0.25, 0.3) is 10.0 Å². The lowest BCUT2D eigenvalue weighted by Crippen LogP contribution is -2.12. The molecule has 136 valence electrons. The van der Waals surface area contributed by atoms with Crippen LogP contribution < -0.4 is 4.72 Å². The fraction of sp³-hybridized carbons (Fsp3) is 0.0500. The molecule has 0 fully saturated rings. The number of hydrogen-bond donors (Lipinski definition) is 1. The van der Waals surface area contributed by atoms with E-state index in [1.807, 2.05) is 60.3 Å². The Balaban J connectivity index is 1.54. The van der Waals surface area contributed by atoms with Crippen molar-refractivity contribution in [3.05, 3.63) is 79.1 Å². The van der Waals surface area contributed by atoms with Gasteiger partial charge in [-0.15, -0.1) is 0 Å². The van der Waals surface area contributed by atoms with E-state index in [0.717, 1.165) is 20.8 Å². The highest BCUT2D eigenvalue weighted by Gasteiger charge is 2.15. The van der Waals surface area contributed by atoms with Gasteiger partial charge < -0.3 is 4.57 Å². The molecule has 0 amide bonds. The molecule has 0 bridgehead atoms. The summed E-state index contributed by atoms with van der Waals surface area (Å²) in [6.07, 6.45) is 3.63. The Morgan fingerprint density at radius 3 is 2.41 bits per heavy atom. The van der Waals surface area contributed by atoms with E-state index in [-0.39, 0.29) is 4.90 Å². The summed E-state index contributed by atoms with van der Waals surface area (Å²) in [4.78, 5) is 5.50. The molecule has 5 nitrogen and oxygen atoms in total. The molecule has 7 heteroatoms. The minimum absolute atomic E-state index is 0.243. The van der Waals surface area contributed by atoms with Crippen LogP contribution in [0.4, 0.5) is 5.69 Å². The molecule has 0 saturated heterocycles. The first-order chi connectivity index (χ1) is 13.0. The van der Waals surface area contributed by atoms with Gasteiger partial charge in [0, 0.05) is 30.0 Å². The Morgan fingerprint density at radius 2 is 1.70 bits per heavy atom. The lowest BCUT2D eigenvalue weighted by atomic mass is 10.1. The predicted octanol–water partition coefficient (Wildman–Crippen LogP) is 4.53. The van der Waals surface area contributed by atoms with Crippen LogP contribution in [0.5, 0.6) is 0 Å². The molecule has 3 aromatic carbocycles. The summed E-state index contributed by atoms with van der Waals surface area (Å²) in [5.41, 5.74) is 0.521. The molecule has 1 heterocycles. The van der Waals surface area contributed by atoms with E-state index in [4.69, 9.17) is 0 Å². The summed E-state index contributed by atoms with van der Waals surface area (Å²) in [6.45, 7) is 0. The van der Waals surface area contributed by atoms with Crippen LogP contribution in [0, 0.1) is 0 Å². The van der Waals surface area contributed by atoms with Crippen molar-refractivity contribution in [2.24, 2.45) is 7.05 Å². The van der Waals surface area contributed by atoms with Crippen molar-refractivity contribution in [1.82, 2.24) is 9.55 Å². The summed E-state index contributed by atoms with van der Waals surface area (Å²) in [5, 5.41) is 2.77. The molecular formula is C20H17N3O2S2. The molecule has 0 spiro atoms. The highest BCUT2D eigenvalue weighted by atomic mass is 32.2. The summed E-state index contributed by atoms with van der Waals surface area (Å²) in [5.74, 6) is 0. The van der Waals surface area contributed by atoms with Crippen molar-refractivity contribution in [3.63, 3.8) is 0 Å². The number of anilines is 1. The number of benzene rings is 3. The third-order valence-electron chi connectivity index (χ3n) is 4.12. The molecule has 0 aliphatic carbocycles. The van der Waals surface area contributed by atoms with Gasteiger partial charge in [0.15, 0.2) is 5.16 Å². The highest BCUT2D eigenvalue weighted by molar-refractivity contribution is 7.99. The second-order valence-corrected chi connectivity index (χ2v) is 8.78. The van der Waals surface area contributed by atoms with Gasteiger partial charge >= 0.3 is 0 Å². The first kappa shape index (κ1) is 17.6. The molecular weight excluding hydrogens is 378 g/mol. The number of nitrogens with zero attached hydrogens (tertiary/aromatic N) is 2. The fourth-order valence-electron chi connectivity index (χ4n) is 2.70. The van der Waals surface area contributed by atoms with E-state index in [2.05, 4.69) is 9.71 Å². The summed E-state index contributed by atoms with van der Waals surface area (Å²) >= 11 is 1.52. The smallest absolute Gasteiger partial charge is 0.261 e. The standard InChI is InChI=1S/C20H17N3O2S2/c1-23-13-12-21-20(23)26-18-9-7-17(8-10-18)22-27(24,25)19-11-6-15-4-2-3-5-16(15)14-19/h2-14,22H,1H3. The van der Waals surface area contributed by atoms with Gasteiger partial charge in [-0.3, -0.25) is 4.72 Å². The van der Waals surface area contributed by atoms with Gasteiger partial charge in [-0.2, -0.15) is 0 Å². The van der Waals surface area contributed by atoms with Crippen LogP contribution in [-0.2, 0) is 17.1 Å². The highest BCUT2D eigenvalue weighted by Crippen LogP contribution is 2.28. The zero-order chi connectivity index (χ0) is 18.9. The topological polar surface area (TPSA) is 64.0 Å². The lowest BCUT2D eigenvalue weighted by Gasteiger charge is -2.10. The molecule has 0 atom stereocenters. The third-order valence-corrected chi connectivity index (χ3v) is 6.59. The van der Waals surface area contributed by atoms with Gasteiger partial charge in [0.1, 0.15) is 0 Å². The van der Waals surface area contributed by atoms with E-state index in [9.17, 15) is 8.42 Å². The second-order valence-electron chi connectivity index (χ2n) is 6.06. The number of fused-ring (bicyclic) bond motifs is 1. The van der Waals surface area contributed by atoms with Gasteiger partial charge in [-0.05, 0) is 47.2 Å². The Labute approximate surface area is 162 Å². The quantitative estimate of drug-likeness (QED) is 0.539. The van der Waals surface area contributed by atoms with E-state index >= 15 is 0 Å². The first-order valence-corrected chi connectivity index (χ1v) is 10.6. The van der Waals surface area contributed by atoms with Crippen LogP contribution in [0.15, 0.2) is 94.1 Å². The number of sulfonamides is 1. The summed E-state index contributed by atoms with van der Waals surface area (Å²) < 4.78 is 30.0. The van der Waals surface area contributed by atoms with Crippen molar-refractivity contribution >= 4 is 38.2 Å². The number of imidazole rings is 1. The summed E-state index contributed by atoms with van der Waals surface area (Å²) in [7, 11) is -1.72. The van der Waals surface area contributed by atoms with E-state index in [1.54, 1.807) is 30.5 Å². The van der Waals surface area contributed by atoms with E-state index < -0.39 is 10.0 Å². The maximum Gasteiger partial charge on any atom is 0.261 e. The number of hydrogen-bond acceptors (Lipinski definition) is 4. The van der Waals surface area contributed by atoms with Crippen molar-refractivity contribution in [2.75, 3.05) is 4.72 Å². The molecule has 4 rings (SSSR count). The van der Waals surface area contributed by atoms with Crippen LogP contribution in [-0.4, -0.2) is 18.0 Å². The van der Waals surface area contributed by atoms with E-state index in [0.29, 0.717) is 5.69 Å². The summed E-state index contributed by atoms with van der Waals surface area (Å²) in [6, 6.07) is 20.1. The monoisotopic (exact) mass is 395 g/mol. The van der Waals surface area contributed by atoms with Crippen LogP contribution >= 0.6 is 11.8 Å². The average molecular weight is 396 g/mol. The van der Waals surface area contributed by atoms with Gasteiger partial charge in [-0.25, -0.2) is 13.4 Å². The lowest BCUT2D eigenvalue weighted by molar-refractivity contribution is 0.601. The fourth-order valence-corrected chi connectivity index (χ4v) is 4.59. The Kier molecular flexibility index (Phi) is 4.63. The SMILES string of the molecule is Cn1ccnc1Sc1ccc(NS(=O)(=O)c2ccc3ccccc3c2)cc1. The van der Waals surface area contributed by atoms with Crippen molar-refractivity contribution < 1.29 is 8.42 Å². The average Bonchev–Trinajstić information content (AvgIpc) is 3.07. The second kappa shape index (κ2) is 7.09. The Morgan fingerprint density at radius 1 is 0.963 bits per heavy atom. The van der Waals surface area contributed by atoms with Crippen LogP contribution in [0.2, 0.25) is 0 Å².